The Bertz CT molecular complexity index is 1260. The summed E-state index contributed by atoms with van der Waals surface area (Å²) >= 11 is 0. The summed E-state index contributed by atoms with van der Waals surface area (Å²) in [7, 11) is -1.31. The molecule has 1 amide bonds. The molecule has 0 saturated heterocycles. The lowest BCUT2D eigenvalue weighted by molar-refractivity contribution is -0.384. The van der Waals surface area contributed by atoms with Gasteiger partial charge >= 0.3 is 0 Å². The zero-order chi connectivity index (χ0) is 23.3. The van der Waals surface area contributed by atoms with Crippen LogP contribution < -0.4 is 19.5 Å². The van der Waals surface area contributed by atoms with E-state index in [1.165, 1.54) is 50.6 Å². The van der Waals surface area contributed by atoms with Gasteiger partial charge < -0.3 is 14.8 Å². The summed E-state index contributed by atoms with van der Waals surface area (Å²) in [5.41, 5.74) is 0.311. The van der Waals surface area contributed by atoms with E-state index in [9.17, 15) is 23.3 Å². The van der Waals surface area contributed by atoms with Gasteiger partial charge in [0.15, 0.2) is 0 Å². The number of carbonyl (C=O) groups is 1. The van der Waals surface area contributed by atoms with Gasteiger partial charge in [0.1, 0.15) is 11.5 Å². The molecule has 166 valence electrons. The first-order valence-corrected chi connectivity index (χ1v) is 10.6. The van der Waals surface area contributed by atoms with Gasteiger partial charge in [0.05, 0.1) is 35.4 Å². The minimum atomic E-state index is -4.10. The minimum absolute atomic E-state index is 0.0836. The second kappa shape index (κ2) is 9.35. The summed E-state index contributed by atoms with van der Waals surface area (Å²) in [6, 6.07) is 15.6. The smallest absolute Gasteiger partial charge is 0.271 e. The Morgan fingerprint density at radius 2 is 1.53 bits per heavy atom. The van der Waals surface area contributed by atoms with Crippen LogP contribution in [0.25, 0.3) is 0 Å². The Labute approximate surface area is 184 Å². The lowest BCUT2D eigenvalue weighted by atomic mass is 10.2. The number of hydrogen-bond acceptors (Lipinski definition) is 7. The fourth-order valence-electron chi connectivity index (χ4n) is 2.82. The molecule has 0 aliphatic carbocycles. The quantitative estimate of drug-likeness (QED) is 0.389. The van der Waals surface area contributed by atoms with Crippen LogP contribution in [-0.2, 0) is 10.0 Å². The molecule has 0 aliphatic heterocycles. The highest BCUT2D eigenvalue weighted by molar-refractivity contribution is 7.92. The first-order chi connectivity index (χ1) is 15.2. The Hall–Kier alpha value is -4.12. The van der Waals surface area contributed by atoms with Gasteiger partial charge in [-0.15, -0.1) is 0 Å². The van der Waals surface area contributed by atoms with Crippen LogP contribution >= 0.6 is 0 Å². The molecule has 0 radical (unpaired) electrons. The predicted molar refractivity (Wildman–Crippen MR) is 118 cm³/mol. The van der Waals surface area contributed by atoms with Crippen LogP contribution in [0, 0.1) is 10.1 Å². The third-order valence-corrected chi connectivity index (χ3v) is 5.80. The molecule has 11 heteroatoms. The van der Waals surface area contributed by atoms with Crippen molar-refractivity contribution in [1.82, 2.24) is 0 Å². The number of nitrogens with one attached hydrogen (secondary N) is 2. The van der Waals surface area contributed by atoms with Gasteiger partial charge in [-0.25, -0.2) is 8.42 Å². The number of nitro groups is 1. The summed E-state index contributed by atoms with van der Waals surface area (Å²) < 4.78 is 38.0. The van der Waals surface area contributed by atoms with Gasteiger partial charge in [-0.2, -0.15) is 0 Å². The standard InChI is InChI=1S/C21H19N3O7S/c1-30-19-6-4-3-5-17(19)22-21(25)14-7-10-16(11-8-14)32(28,29)23-18-13-15(24(26)27)9-12-20(18)31-2/h3-13,23H,1-2H3,(H,22,25). The van der Waals surface area contributed by atoms with Crippen LogP contribution in [0.15, 0.2) is 71.6 Å². The molecule has 0 heterocycles. The Morgan fingerprint density at radius 1 is 0.906 bits per heavy atom. The molecule has 0 aliphatic rings. The molecule has 0 saturated carbocycles. The van der Waals surface area contributed by atoms with Crippen LogP contribution in [0.3, 0.4) is 0 Å². The maximum absolute atomic E-state index is 12.8. The predicted octanol–water partition coefficient (Wildman–Crippen LogP) is 3.67. The molecule has 2 N–H and O–H groups in total. The summed E-state index contributed by atoms with van der Waals surface area (Å²) in [6.45, 7) is 0. The van der Waals surface area contributed by atoms with Crippen LogP contribution in [-0.4, -0.2) is 33.5 Å². The maximum atomic E-state index is 12.8. The summed E-state index contributed by atoms with van der Waals surface area (Å²) in [5, 5.41) is 13.7. The molecule has 3 aromatic carbocycles. The van der Waals surface area contributed by atoms with Gasteiger partial charge in [0.2, 0.25) is 0 Å². The molecule has 3 rings (SSSR count). The van der Waals surface area contributed by atoms with E-state index in [2.05, 4.69) is 10.0 Å². The highest BCUT2D eigenvalue weighted by Gasteiger charge is 2.20. The van der Waals surface area contributed by atoms with E-state index in [1.807, 2.05) is 0 Å². The second-order valence-corrected chi connectivity index (χ2v) is 8.11. The number of sulfonamides is 1. The first-order valence-electron chi connectivity index (χ1n) is 9.15. The van der Waals surface area contributed by atoms with E-state index in [4.69, 9.17) is 9.47 Å². The molecule has 10 nitrogen and oxygen atoms in total. The SMILES string of the molecule is COc1ccccc1NC(=O)c1ccc(S(=O)(=O)Nc2cc([N+](=O)[O-])ccc2OC)cc1. The van der Waals surface area contributed by atoms with Crippen molar-refractivity contribution >= 4 is 33.0 Å². The number of non-ortho nitro benzene ring substituents is 1. The van der Waals surface area contributed by atoms with Crippen molar-refractivity contribution in [2.75, 3.05) is 24.3 Å². The summed E-state index contributed by atoms with van der Waals surface area (Å²) in [4.78, 5) is 22.7. The number of anilines is 2. The zero-order valence-corrected chi connectivity index (χ0v) is 17.9. The van der Waals surface area contributed by atoms with Crippen molar-refractivity contribution in [2.45, 2.75) is 4.90 Å². The van der Waals surface area contributed by atoms with E-state index in [0.29, 0.717) is 11.4 Å². The normalized spacial score (nSPS) is 10.8. The number of carbonyl (C=O) groups excluding carboxylic acids is 1. The maximum Gasteiger partial charge on any atom is 0.271 e. The topological polar surface area (TPSA) is 137 Å². The largest absolute Gasteiger partial charge is 0.495 e. The second-order valence-electron chi connectivity index (χ2n) is 6.43. The number of benzene rings is 3. The molecule has 0 atom stereocenters. The number of ether oxygens (including phenoxy) is 2. The van der Waals surface area contributed by atoms with Gasteiger partial charge in [0.25, 0.3) is 21.6 Å². The van der Waals surface area contributed by atoms with Crippen molar-refractivity contribution in [3.63, 3.8) is 0 Å². The first kappa shape index (κ1) is 22.6. The average molecular weight is 457 g/mol. The third kappa shape index (κ3) is 4.95. The Morgan fingerprint density at radius 3 is 2.16 bits per heavy atom. The highest BCUT2D eigenvalue weighted by atomic mass is 32.2. The molecule has 0 aromatic heterocycles. The molecule has 0 bridgehead atoms. The molecule has 3 aromatic rings. The summed E-state index contributed by atoms with van der Waals surface area (Å²) in [6.07, 6.45) is 0. The molecule has 0 unspecified atom stereocenters. The van der Waals surface area contributed by atoms with Crippen molar-refractivity contribution < 1.29 is 27.6 Å². The third-order valence-electron chi connectivity index (χ3n) is 4.42. The number of nitro benzene ring substituents is 1. The van der Waals surface area contributed by atoms with E-state index in [1.54, 1.807) is 24.3 Å². The number of para-hydroxylation sites is 2. The number of amides is 1. The van der Waals surface area contributed by atoms with Crippen LogP contribution in [0.1, 0.15) is 10.4 Å². The molecular formula is C21H19N3O7S. The van der Waals surface area contributed by atoms with E-state index < -0.39 is 20.9 Å². The van der Waals surface area contributed by atoms with E-state index in [0.717, 1.165) is 6.07 Å². The lowest BCUT2D eigenvalue weighted by Crippen LogP contribution is -2.15. The average Bonchev–Trinajstić information content (AvgIpc) is 2.79. The number of hydrogen-bond donors (Lipinski definition) is 2. The fourth-order valence-corrected chi connectivity index (χ4v) is 3.88. The van der Waals surface area contributed by atoms with Crippen LogP contribution in [0.5, 0.6) is 11.5 Å². The van der Waals surface area contributed by atoms with Crippen molar-refractivity contribution in [3.8, 4) is 11.5 Å². The zero-order valence-electron chi connectivity index (χ0n) is 17.1. The molecule has 32 heavy (non-hydrogen) atoms. The number of nitrogens with zero attached hydrogens (tertiary/aromatic N) is 1. The van der Waals surface area contributed by atoms with Gasteiger partial charge in [-0.05, 0) is 42.5 Å². The fraction of sp³-hybridized carbons (Fsp3) is 0.0952. The molecular weight excluding hydrogens is 438 g/mol. The van der Waals surface area contributed by atoms with Crippen LogP contribution in [0.2, 0.25) is 0 Å². The van der Waals surface area contributed by atoms with Gasteiger partial charge in [-0.3, -0.25) is 19.6 Å². The van der Waals surface area contributed by atoms with Crippen molar-refractivity contribution in [2.24, 2.45) is 0 Å². The summed E-state index contributed by atoms with van der Waals surface area (Å²) in [5.74, 6) is 0.147. The Balaban J connectivity index is 1.81. The van der Waals surface area contributed by atoms with Gasteiger partial charge in [0, 0.05) is 17.7 Å². The van der Waals surface area contributed by atoms with Crippen molar-refractivity contribution in [3.05, 3.63) is 82.4 Å². The highest BCUT2D eigenvalue weighted by Crippen LogP contribution is 2.31. The Kier molecular flexibility index (Phi) is 6.59. The number of rotatable bonds is 8. The van der Waals surface area contributed by atoms with Gasteiger partial charge in [-0.1, -0.05) is 12.1 Å². The number of methoxy groups -OCH3 is 2. The molecule has 0 fully saturated rings. The van der Waals surface area contributed by atoms with E-state index in [-0.39, 0.29) is 27.6 Å². The van der Waals surface area contributed by atoms with Crippen molar-refractivity contribution in [1.29, 1.82) is 0 Å². The molecule has 0 spiro atoms. The monoisotopic (exact) mass is 457 g/mol. The van der Waals surface area contributed by atoms with Crippen LogP contribution in [0.4, 0.5) is 17.1 Å². The van der Waals surface area contributed by atoms with E-state index >= 15 is 0 Å². The minimum Gasteiger partial charge on any atom is -0.495 e. The lowest BCUT2D eigenvalue weighted by Gasteiger charge is -2.12.